The molecule has 0 saturated carbocycles. The molecule has 0 fully saturated rings. The molecule has 1 aromatic carbocycles. The zero-order chi connectivity index (χ0) is 9.84. The van der Waals surface area contributed by atoms with E-state index in [2.05, 4.69) is 13.8 Å². The molecule has 0 aromatic heterocycles. The molecule has 0 aliphatic carbocycles. The Morgan fingerprint density at radius 1 is 1.38 bits per heavy atom. The Morgan fingerprint density at radius 3 is 2.62 bits per heavy atom. The summed E-state index contributed by atoms with van der Waals surface area (Å²) in [7, 11) is 1.67. The van der Waals surface area contributed by atoms with Crippen LogP contribution < -0.4 is 0 Å². The summed E-state index contributed by atoms with van der Waals surface area (Å²) in [4.78, 5) is 0. The third-order valence-corrected chi connectivity index (χ3v) is 2.02. The van der Waals surface area contributed by atoms with Gasteiger partial charge in [-0.3, -0.25) is 0 Å². The smallest absolute Gasteiger partial charge is 0.119 e. The summed E-state index contributed by atoms with van der Waals surface area (Å²) in [6, 6.07) is 5.60. The van der Waals surface area contributed by atoms with Crippen molar-refractivity contribution in [2.24, 2.45) is 0 Å². The molecule has 72 valence electrons. The van der Waals surface area contributed by atoms with Gasteiger partial charge >= 0.3 is 0 Å². The van der Waals surface area contributed by atoms with Gasteiger partial charge in [0.05, 0.1) is 6.61 Å². The molecule has 1 rings (SSSR count). The van der Waals surface area contributed by atoms with Crippen molar-refractivity contribution in [1.29, 1.82) is 0 Å². The minimum absolute atomic E-state index is 0.344. The largest absolute Gasteiger partial charge is 0.508 e. The Balaban J connectivity index is 2.97. The normalized spacial score (nSPS) is 10.8. The fourth-order valence-corrected chi connectivity index (χ4v) is 1.32. The highest BCUT2D eigenvalue weighted by molar-refractivity contribution is 5.37. The maximum atomic E-state index is 9.53. The highest BCUT2D eigenvalue weighted by atomic mass is 16.5. The SMILES string of the molecule is COCc1ccc(O)c(C(C)C)c1. The van der Waals surface area contributed by atoms with Gasteiger partial charge in [-0.15, -0.1) is 0 Å². The fourth-order valence-electron chi connectivity index (χ4n) is 1.32. The predicted octanol–water partition coefficient (Wildman–Crippen LogP) is 2.66. The van der Waals surface area contributed by atoms with Crippen molar-refractivity contribution in [2.45, 2.75) is 26.4 Å². The maximum absolute atomic E-state index is 9.53. The minimum Gasteiger partial charge on any atom is -0.508 e. The van der Waals surface area contributed by atoms with Crippen molar-refractivity contribution in [3.63, 3.8) is 0 Å². The van der Waals surface area contributed by atoms with Crippen LogP contribution in [0.5, 0.6) is 5.75 Å². The van der Waals surface area contributed by atoms with Gasteiger partial charge in [0.1, 0.15) is 5.75 Å². The van der Waals surface area contributed by atoms with Crippen LogP contribution in [-0.2, 0) is 11.3 Å². The first-order valence-corrected chi connectivity index (χ1v) is 4.46. The summed E-state index contributed by atoms with van der Waals surface area (Å²) in [5.74, 6) is 0.714. The first-order chi connectivity index (χ1) is 6.15. The lowest BCUT2D eigenvalue weighted by Gasteiger charge is -2.09. The minimum atomic E-state index is 0.344. The Labute approximate surface area is 79.2 Å². The van der Waals surface area contributed by atoms with Crippen molar-refractivity contribution in [1.82, 2.24) is 0 Å². The molecular weight excluding hydrogens is 164 g/mol. The van der Waals surface area contributed by atoms with Crippen molar-refractivity contribution >= 4 is 0 Å². The van der Waals surface area contributed by atoms with Crippen LogP contribution in [0.4, 0.5) is 0 Å². The van der Waals surface area contributed by atoms with Crippen molar-refractivity contribution in [3.8, 4) is 5.75 Å². The zero-order valence-corrected chi connectivity index (χ0v) is 8.37. The van der Waals surface area contributed by atoms with E-state index in [9.17, 15) is 5.11 Å². The molecule has 0 radical (unpaired) electrons. The van der Waals surface area contributed by atoms with Gasteiger partial charge in [0, 0.05) is 7.11 Å². The number of phenolic OH excluding ortho intramolecular Hbond substituents is 1. The lowest BCUT2D eigenvalue weighted by molar-refractivity contribution is 0.184. The van der Waals surface area contributed by atoms with Crippen LogP contribution in [0.3, 0.4) is 0 Å². The van der Waals surface area contributed by atoms with Crippen LogP contribution in [0.25, 0.3) is 0 Å². The van der Waals surface area contributed by atoms with Crippen molar-refractivity contribution in [3.05, 3.63) is 29.3 Å². The van der Waals surface area contributed by atoms with Crippen LogP contribution >= 0.6 is 0 Å². The van der Waals surface area contributed by atoms with E-state index in [-0.39, 0.29) is 0 Å². The Bertz CT molecular complexity index is 279. The number of phenols is 1. The van der Waals surface area contributed by atoms with E-state index in [0.29, 0.717) is 18.3 Å². The van der Waals surface area contributed by atoms with E-state index in [1.165, 1.54) is 0 Å². The quantitative estimate of drug-likeness (QED) is 0.774. The van der Waals surface area contributed by atoms with Gasteiger partial charge in [0.15, 0.2) is 0 Å². The molecule has 1 N–H and O–H groups in total. The van der Waals surface area contributed by atoms with Crippen LogP contribution in [-0.4, -0.2) is 12.2 Å². The van der Waals surface area contributed by atoms with E-state index in [1.54, 1.807) is 13.2 Å². The van der Waals surface area contributed by atoms with Crippen LogP contribution in [0.1, 0.15) is 30.9 Å². The Kier molecular flexibility index (Phi) is 3.32. The number of methoxy groups -OCH3 is 1. The summed E-state index contributed by atoms with van der Waals surface area (Å²) >= 11 is 0. The average Bonchev–Trinajstić information content (AvgIpc) is 2.08. The third kappa shape index (κ3) is 2.46. The summed E-state index contributed by atoms with van der Waals surface area (Å²) in [6.45, 7) is 4.72. The summed E-state index contributed by atoms with van der Waals surface area (Å²) < 4.78 is 5.02. The number of rotatable bonds is 3. The van der Waals surface area contributed by atoms with Crippen LogP contribution in [0.2, 0.25) is 0 Å². The number of hydrogen-bond acceptors (Lipinski definition) is 2. The molecule has 0 heterocycles. The fraction of sp³-hybridized carbons (Fsp3) is 0.455. The van der Waals surface area contributed by atoms with Crippen LogP contribution in [0, 0.1) is 0 Å². The topological polar surface area (TPSA) is 29.5 Å². The van der Waals surface area contributed by atoms with Gasteiger partial charge < -0.3 is 9.84 Å². The Morgan fingerprint density at radius 2 is 2.08 bits per heavy atom. The Hall–Kier alpha value is -1.02. The van der Waals surface area contributed by atoms with Crippen LogP contribution in [0.15, 0.2) is 18.2 Å². The molecule has 0 spiro atoms. The zero-order valence-electron chi connectivity index (χ0n) is 8.37. The molecule has 0 aliphatic heterocycles. The second kappa shape index (κ2) is 4.28. The highest BCUT2D eigenvalue weighted by Crippen LogP contribution is 2.26. The monoisotopic (exact) mass is 180 g/mol. The molecular formula is C11H16O2. The standard InChI is InChI=1S/C11H16O2/c1-8(2)10-6-9(7-13-3)4-5-11(10)12/h4-6,8,12H,7H2,1-3H3. The van der Waals surface area contributed by atoms with Gasteiger partial charge in [-0.1, -0.05) is 19.9 Å². The molecule has 0 bridgehead atoms. The van der Waals surface area contributed by atoms with Crippen molar-refractivity contribution in [2.75, 3.05) is 7.11 Å². The van der Waals surface area contributed by atoms with E-state index in [1.807, 2.05) is 12.1 Å². The first kappa shape index (κ1) is 10.1. The van der Waals surface area contributed by atoms with Crippen molar-refractivity contribution < 1.29 is 9.84 Å². The molecule has 0 unspecified atom stereocenters. The maximum Gasteiger partial charge on any atom is 0.119 e. The molecule has 2 heteroatoms. The molecule has 1 aromatic rings. The highest BCUT2D eigenvalue weighted by Gasteiger charge is 2.06. The van der Waals surface area contributed by atoms with Gasteiger partial charge in [0.2, 0.25) is 0 Å². The summed E-state index contributed by atoms with van der Waals surface area (Å²) in [5.41, 5.74) is 2.08. The first-order valence-electron chi connectivity index (χ1n) is 4.46. The van der Waals surface area contributed by atoms with Gasteiger partial charge in [-0.25, -0.2) is 0 Å². The molecule has 0 aliphatic rings. The molecule has 2 nitrogen and oxygen atoms in total. The van der Waals surface area contributed by atoms with Gasteiger partial charge in [-0.05, 0) is 29.2 Å². The number of ether oxygens (including phenoxy) is 1. The molecule has 0 saturated heterocycles. The summed E-state index contributed by atoms with van der Waals surface area (Å²) in [6.07, 6.45) is 0. The van der Waals surface area contributed by atoms with Gasteiger partial charge in [-0.2, -0.15) is 0 Å². The third-order valence-electron chi connectivity index (χ3n) is 2.02. The number of aromatic hydroxyl groups is 1. The lowest BCUT2D eigenvalue weighted by atomic mass is 10.00. The van der Waals surface area contributed by atoms with E-state index >= 15 is 0 Å². The predicted molar refractivity (Wildman–Crippen MR) is 52.9 cm³/mol. The second-order valence-electron chi connectivity index (χ2n) is 3.48. The number of benzene rings is 1. The number of hydrogen-bond donors (Lipinski definition) is 1. The average molecular weight is 180 g/mol. The lowest BCUT2D eigenvalue weighted by Crippen LogP contribution is -1.93. The molecule has 0 amide bonds. The van der Waals surface area contributed by atoms with E-state index in [0.717, 1.165) is 11.1 Å². The van der Waals surface area contributed by atoms with Gasteiger partial charge in [0.25, 0.3) is 0 Å². The molecule has 13 heavy (non-hydrogen) atoms. The van der Waals surface area contributed by atoms with E-state index in [4.69, 9.17) is 4.74 Å². The molecule has 0 atom stereocenters. The second-order valence-corrected chi connectivity index (χ2v) is 3.48. The summed E-state index contributed by atoms with van der Waals surface area (Å²) in [5, 5.41) is 9.53. The van der Waals surface area contributed by atoms with E-state index < -0.39 is 0 Å².